The summed E-state index contributed by atoms with van der Waals surface area (Å²) in [6, 6.07) is 4.75. The lowest BCUT2D eigenvalue weighted by molar-refractivity contribution is 0.0736. The van der Waals surface area contributed by atoms with E-state index < -0.39 is 10.0 Å². The minimum Gasteiger partial charge on any atom is -0.495 e. The van der Waals surface area contributed by atoms with Crippen molar-refractivity contribution in [2.75, 3.05) is 27.2 Å². The Labute approximate surface area is 148 Å². The van der Waals surface area contributed by atoms with Gasteiger partial charge in [0.1, 0.15) is 10.6 Å². The minimum atomic E-state index is -3.70. The van der Waals surface area contributed by atoms with Crippen molar-refractivity contribution in [3.63, 3.8) is 0 Å². The summed E-state index contributed by atoms with van der Waals surface area (Å²) in [5.74, 6) is 0.112. The smallest absolute Gasteiger partial charge is 0.254 e. The quantitative estimate of drug-likeness (QED) is 0.749. The number of sulfonamides is 1. The first-order valence-corrected chi connectivity index (χ1v) is 10.1. The largest absolute Gasteiger partial charge is 0.495 e. The molecule has 3 rings (SSSR count). The molecule has 1 aliphatic carbocycles. The first-order chi connectivity index (χ1) is 12.0. The highest BCUT2D eigenvalue weighted by Crippen LogP contribution is 2.29. The number of nitrogens with one attached hydrogen (secondary N) is 2. The third-order valence-corrected chi connectivity index (χ3v) is 6.22. The summed E-state index contributed by atoms with van der Waals surface area (Å²) < 4.78 is 33.0. The monoisotopic (exact) mass is 367 g/mol. The molecule has 1 amide bonds. The molecule has 2 N–H and O–H groups in total. The van der Waals surface area contributed by atoms with E-state index in [2.05, 4.69) is 10.0 Å². The van der Waals surface area contributed by atoms with Gasteiger partial charge in [-0.15, -0.1) is 0 Å². The van der Waals surface area contributed by atoms with Gasteiger partial charge in [-0.1, -0.05) is 0 Å². The highest BCUT2D eigenvalue weighted by atomic mass is 32.2. The summed E-state index contributed by atoms with van der Waals surface area (Å²) in [5, 5.41) is 3.11. The Morgan fingerprint density at radius 3 is 2.72 bits per heavy atom. The molecule has 1 aromatic carbocycles. The molecule has 138 valence electrons. The van der Waals surface area contributed by atoms with Crippen LogP contribution < -0.4 is 14.8 Å². The van der Waals surface area contributed by atoms with Gasteiger partial charge in [-0.2, -0.15) is 0 Å². The molecule has 1 saturated heterocycles. The lowest BCUT2D eigenvalue weighted by Gasteiger charge is -2.25. The van der Waals surface area contributed by atoms with E-state index in [9.17, 15) is 13.2 Å². The molecule has 1 aliphatic heterocycles. The third kappa shape index (κ3) is 3.96. The van der Waals surface area contributed by atoms with Gasteiger partial charge < -0.3 is 15.0 Å². The number of hydrogen-bond acceptors (Lipinski definition) is 5. The second-order valence-corrected chi connectivity index (χ2v) is 8.30. The molecule has 0 radical (unpaired) electrons. The van der Waals surface area contributed by atoms with Gasteiger partial charge in [0.05, 0.1) is 7.11 Å². The number of hydrogen-bond donors (Lipinski definition) is 2. The topological polar surface area (TPSA) is 87.7 Å². The average molecular weight is 367 g/mol. The number of benzene rings is 1. The lowest BCUT2D eigenvalue weighted by atomic mass is 10.1. The second kappa shape index (κ2) is 7.31. The van der Waals surface area contributed by atoms with E-state index in [1.165, 1.54) is 13.2 Å². The Kier molecular flexibility index (Phi) is 5.31. The van der Waals surface area contributed by atoms with E-state index in [1.54, 1.807) is 12.1 Å². The number of carbonyl (C=O) groups excluding carboxylic acids is 1. The van der Waals surface area contributed by atoms with Crippen molar-refractivity contribution in [2.24, 2.45) is 0 Å². The van der Waals surface area contributed by atoms with Crippen LogP contribution in [0.1, 0.15) is 36.0 Å². The Balaban J connectivity index is 1.89. The molecule has 0 spiro atoms. The van der Waals surface area contributed by atoms with Crippen molar-refractivity contribution in [2.45, 2.75) is 42.7 Å². The number of carbonyl (C=O) groups is 1. The SMILES string of the molecule is CNCC1CCCN1C(=O)c1ccc(OC)c(S(=O)(=O)NC2CC2)c1. The molecule has 2 fully saturated rings. The number of amides is 1. The molecule has 1 heterocycles. The zero-order valence-corrected chi connectivity index (χ0v) is 15.4. The van der Waals surface area contributed by atoms with E-state index in [4.69, 9.17) is 4.74 Å². The summed E-state index contributed by atoms with van der Waals surface area (Å²) in [6.45, 7) is 1.43. The van der Waals surface area contributed by atoms with E-state index in [-0.39, 0.29) is 28.6 Å². The Bertz CT molecular complexity index is 746. The molecule has 25 heavy (non-hydrogen) atoms. The fourth-order valence-electron chi connectivity index (χ4n) is 3.22. The van der Waals surface area contributed by atoms with Crippen LogP contribution in [0.5, 0.6) is 5.75 Å². The number of rotatable bonds is 7. The maximum atomic E-state index is 12.9. The molecule has 0 bridgehead atoms. The van der Waals surface area contributed by atoms with Crippen LogP contribution in [0.2, 0.25) is 0 Å². The van der Waals surface area contributed by atoms with E-state index in [0.717, 1.165) is 32.2 Å². The van der Waals surface area contributed by atoms with Gasteiger partial charge >= 0.3 is 0 Å². The van der Waals surface area contributed by atoms with Crippen LogP contribution >= 0.6 is 0 Å². The highest BCUT2D eigenvalue weighted by Gasteiger charge is 2.32. The highest BCUT2D eigenvalue weighted by molar-refractivity contribution is 7.89. The number of ether oxygens (including phenoxy) is 1. The fourth-order valence-corrected chi connectivity index (χ4v) is 4.72. The van der Waals surface area contributed by atoms with Crippen molar-refractivity contribution >= 4 is 15.9 Å². The molecule has 1 aromatic rings. The molecule has 1 atom stereocenters. The average Bonchev–Trinajstić information content (AvgIpc) is 3.28. The van der Waals surface area contributed by atoms with Gasteiger partial charge in [0.25, 0.3) is 5.91 Å². The zero-order valence-electron chi connectivity index (χ0n) is 14.6. The van der Waals surface area contributed by atoms with Crippen LogP contribution in [0.3, 0.4) is 0 Å². The summed E-state index contributed by atoms with van der Waals surface area (Å²) in [4.78, 5) is 14.7. The van der Waals surface area contributed by atoms with E-state index in [1.807, 2.05) is 11.9 Å². The second-order valence-electron chi connectivity index (χ2n) is 6.61. The predicted octanol–water partition coefficient (Wildman–Crippen LogP) is 0.960. The van der Waals surface area contributed by atoms with Crippen LogP contribution in [0.25, 0.3) is 0 Å². The van der Waals surface area contributed by atoms with Crippen molar-refractivity contribution in [3.8, 4) is 5.75 Å². The number of nitrogens with zero attached hydrogens (tertiary/aromatic N) is 1. The zero-order chi connectivity index (χ0) is 18.0. The summed E-state index contributed by atoms with van der Waals surface area (Å²) >= 11 is 0. The fraction of sp³-hybridized carbons (Fsp3) is 0.588. The van der Waals surface area contributed by atoms with Gasteiger partial charge in [-0.05, 0) is 50.9 Å². The first-order valence-electron chi connectivity index (χ1n) is 8.62. The van der Waals surface area contributed by atoms with Gasteiger partial charge in [-0.25, -0.2) is 13.1 Å². The molecule has 1 saturated carbocycles. The third-order valence-electron chi connectivity index (χ3n) is 4.68. The molecule has 2 aliphatic rings. The molecular formula is C17H25N3O4S. The standard InChI is InChI=1S/C17H25N3O4S/c1-18-11-14-4-3-9-20(14)17(21)12-5-8-15(24-2)16(10-12)25(22,23)19-13-6-7-13/h5,8,10,13-14,18-19H,3-4,6-7,9,11H2,1-2H3. The van der Waals surface area contributed by atoms with Gasteiger partial charge in [0, 0.05) is 30.7 Å². The van der Waals surface area contributed by atoms with Crippen LogP contribution in [0.15, 0.2) is 23.1 Å². The Morgan fingerprint density at radius 1 is 1.32 bits per heavy atom. The lowest BCUT2D eigenvalue weighted by Crippen LogP contribution is -2.40. The maximum Gasteiger partial charge on any atom is 0.254 e. The van der Waals surface area contributed by atoms with Gasteiger partial charge in [0.15, 0.2) is 0 Å². The molecular weight excluding hydrogens is 342 g/mol. The Morgan fingerprint density at radius 2 is 2.08 bits per heavy atom. The molecule has 1 unspecified atom stereocenters. The molecule has 8 heteroatoms. The minimum absolute atomic E-state index is 0.00680. The summed E-state index contributed by atoms with van der Waals surface area (Å²) in [6.07, 6.45) is 3.61. The van der Waals surface area contributed by atoms with Gasteiger partial charge in [-0.3, -0.25) is 4.79 Å². The van der Waals surface area contributed by atoms with Crippen LogP contribution in [0, 0.1) is 0 Å². The number of likely N-dealkylation sites (tertiary alicyclic amines) is 1. The Hall–Kier alpha value is -1.64. The number of methoxy groups -OCH3 is 1. The van der Waals surface area contributed by atoms with Crippen molar-refractivity contribution in [1.29, 1.82) is 0 Å². The van der Waals surface area contributed by atoms with Crippen molar-refractivity contribution in [3.05, 3.63) is 23.8 Å². The maximum absolute atomic E-state index is 12.9. The van der Waals surface area contributed by atoms with Crippen molar-refractivity contribution in [1.82, 2.24) is 14.9 Å². The summed E-state index contributed by atoms with van der Waals surface area (Å²) in [7, 11) is -0.411. The molecule has 0 aromatic heterocycles. The molecule has 7 nitrogen and oxygen atoms in total. The van der Waals surface area contributed by atoms with Crippen LogP contribution in [-0.2, 0) is 10.0 Å². The normalized spacial score (nSPS) is 20.7. The van der Waals surface area contributed by atoms with Gasteiger partial charge in [0.2, 0.25) is 10.0 Å². The van der Waals surface area contributed by atoms with Crippen LogP contribution in [0.4, 0.5) is 0 Å². The first kappa shape index (κ1) is 18.2. The van der Waals surface area contributed by atoms with E-state index >= 15 is 0 Å². The van der Waals surface area contributed by atoms with E-state index in [0.29, 0.717) is 12.1 Å². The summed E-state index contributed by atoms with van der Waals surface area (Å²) in [5.41, 5.74) is 0.375. The van der Waals surface area contributed by atoms with Crippen molar-refractivity contribution < 1.29 is 17.9 Å². The van der Waals surface area contributed by atoms with Crippen LogP contribution in [-0.4, -0.2) is 58.6 Å². The predicted molar refractivity (Wildman–Crippen MR) is 94.3 cm³/mol. The number of likely N-dealkylation sites (N-methyl/N-ethyl adjacent to an activating group) is 1.